The van der Waals surface area contributed by atoms with Crippen LogP contribution in [0.15, 0.2) is 48.0 Å². The largest absolute Gasteiger partial charge is 0.309 e. The number of amides is 1. The van der Waals surface area contributed by atoms with E-state index in [2.05, 4.69) is 9.97 Å². The maximum atomic E-state index is 14.2. The van der Waals surface area contributed by atoms with Crippen LogP contribution in [-0.2, 0) is 17.6 Å². The van der Waals surface area contributed by atoms with Crippen molar-refractivity contribution in [2.45, 2.75) is 19.3 Å². The van der Waals surface area contributed by atoms with Gasteiger partial charge in [-0.3, -0.25) is 9.78 Å². The minimum Gasteiger partial charge on any atom is -0.309 e. The fourth-order valence-electron chi connectivity index (χ4n) is 3.10. The molecule has 1 aliphatic heterocycles. The third-order valence-corrected chi connectivity index (χ3v) is 5.15. The van der Waals surface area contributed by atoms with E-state index in [0.29, 0.717) is 17.9 Å². The zero-order valence-corrected chi connectivity index (χ0v) is 14.3. The number of nitrogens with zero attached hydrogens (tertiary/aromatic N) is 3. The summed E-state index contributed by atoms with van der Waals surface area (Å²) in [5.74, 6) is -0.457. The predicted octanol–water partition coefficient (Wildman–Crippen LogP) is 3.87. The molecule has 4 nitrogen and oxygen atoms in total. The molecular weight excluding hydrogens is 337 g/mol. The van der Waals surface area contributed by atoms with Gasteiger partial charge in [-0.05, 0) is 36.6 Å². The molecule has 25 heavy (non-hydrogen) atoms. The molecule has 0 aliphatic carbocycles. The first-order chi connectivity index (χ1) is 12.2. The molecule has 0 unspecified atom stereocenters. The first kappa shape index (κ1) is 15.9. The van der Waals surface area contributed by atoms with Crippen LogP contribution in [0.3, 0.4) is 0 Å². The lowest BCUT2D eigenvalue weighted by Gasteiger charge is -2.29. The Bertz CT molecular complexity index is 910. The second-order valence-electron chi connectivity index (χ2n) is 5.93. The fraction of sp³-hybridized carbons (Fsp3) is 0.211. The molecule has 126 valence electrons. The SMILES string of the molecule is O=C(Cc1csc(-c2ccccn2)n1)N1CCCc2cccc(F)c21. The van der Waals surface area contributed by atoms with E-state index in [-0.39, 0.29) is 18.1 Å². The van der Waals surface area contributed by atoms with Crippen molar-refractivity contribution in [3.05, 3.63) is 65.0 Å². The topological polar surface area (TPSA) is 46.1 Å². The Hall–Kier alpha value is -2.60. The van der Waals surface area contributed by atoms with Gasteiger partial charge < -0.3 is 4.90 Å². The second kappa shape index (κ2) is 6.72. The molecule has 0 fully saturated rings. The van der Waals surface area contributed by atoms with Crippen LogP contribution in [0.1, 0.15) is 17.7 Å². The number of pyridine rings is 1. The Morgan fingerprint density at radius 1 is 1.24 bits per heavy atom. The van der Waals surface area contributed by atoms with Crippen LogP contribution in [0, 0.1) is 5.82 Å². The lowest BCUT2D eigenvalue weighted by Crippen LogP contribution is -2.37. The first-order valence-corrected chi connectivity index (χ1v) is 9.04. The molecular formula is C19H16FN3OS. The van der Waals surface area contributed by atoms with E-state index in [1.807, 2.05) is 29.6 Å². The summed E-state index contributed by atoms with van der Waals surface area (Å²) in [5, 5.41) is 2.65. The van der Waals surface area contributed by atoms with Crippen molar-refractivity contribution in [1.29, 1.82) is 0 Å². The molecule has 1 amide bonds. The summed E-state index contributed by atoms with van der Waals surface area (Å²) in [6.45, 7) is 0.546. The standard InChI is InChI=1S/C19H16FN3OS/c20-15-7-3-5-13-6-4-10-23(18(13)15)17(24)11-14-12-25-19(22-14)16-8-1-2-9-21-16/h1-3,5,7-9,12H,4,6,10-11H2. The molecule has 0 atom stereocenters. The van der Waals surface area contributed by atoms with Crippen LogP contribution in [-0.4, -0.2) is 22.4 Å². The molecule has 1 aliphatic rings. The number of halogens is 1. The van der Waals surface area contributed by atoms with Crippen LogP contribution < -0.4 is 4.90 Å². The molecule has 2 aromatic heterocycles. The van der Waals surface area contributed by atoms with Gasteiger partial charge in [0, 0.05) is 18.1 Å². The number of anilines is 1. The Morgan fingerprint density at radius 2 is 2.16 bits per heavy atom. The van der Waals surface area contributed by atoms with Gasteiger partial charge in [0.25, 0.3) is 0 Å². The average Bonchev–Trinajstić information content (AvgIpc) is 3.11. The summed E-state index contributed by atoms with van der Waals surface area (Å²) >= 11 is 1.46. The number of para-hydroxylation sites is 1. The number of rotatable bonds is 3. The highest BCUT2D eigenvalue weighted by molar-refractivity contribution is 7.13. The van der Waals surface area contributed by atoms with Gasteiger partial charge in [-0.2, -0.15) is 0 Å². The lowest BCUT2D eigenvalue weighted by atomic mass is 10.0. The third-order valence-electron chi connectivity index (χ3n) is 4.24. The number of aromatic nitrogens is 2. The Labute approximate surface area is 149 Å². The highest BCUT2D eigenvalue weighted by Gasteiger charge is 2.26. The Morgan fingerprint density at radius 3 is 3.00 bits per heavy atom. The predicted molar refractivity (Wildman–Crippen MR) is 96.1 cm³/mol. The van der Waals surface area contributed by atoms with Gasteiger partial charge in [0.05, 0.1) is 23.5 Å². The van der Waals surface area contributed by atoms with Crippen molar-refractivity contribution < 1.29 is 9.18 Å². The van der Waals surface area contributed by atoms with E-state index in [9.17, 15) is 9.18 Å². The number of hydrogen-bond donors (Lipinski definition) is 0. The van der Waals surface area contributed by atoms with Crippen molar-refractivity contribution in [3.8, 4) is 10.7 Å². The monoisotopic (exact) mass is 353 g/mol. The van der Waals surface area contributed by atoms with Gasteiger partial charge in [0.1, 0.15) is 10.8 Å². The highest BCUT2D eigenvalue weighted by atomic mass is 32.1. The zero-order chi connectivity index (χ0) is 17.2. The summed E-state index contributed by atoms with van der Waals surface area (Å²) in [6.07, 6.45) is 3.53. The van der Waals surface area contributed by atoms with Gasteiger partial charge in [-0.1, -0.05) is 18.2 Å². The molecule has 3 heterocycles. The third kappa shape index (κ3) is 3.17. The van der Waals surface area contributed by atoms with Gasteiger partial charge in [0.2, 0.25) is 5.91 Å². The highest BCUT2D eigenvalue weighted by Crippen LogP contribution is 2.30. The van der Waals surface area contributed by atoms with E-state index in [1.165, 1.54) is 17.4 Å². The summed E-state index contributed by atoms with van der Waals surface area (Å²) in [4.78, 5) is 23.1. The molecule has 0 radical (unpaired) electrons. The van der Waals surface area contributed by atoms with Crippen LogP contribution in [0.2, 0.25) is 0 Å². The van der Waals surface area contributed by atoms with Crippen molar-refractivity contribution in [2.75, 3.05) is 11.4 Å². The molecule has 0 bridgehead atoms. The molecule has 0 saturated heterocycles. The van der Waals surface area contributed by atoms with Gasteiger partial charge >= 0.3 is 0 Å². The minimum absolute atomic E-state index is 0.121. The van der Waals surface area contributed by atoms with Crippen LogP contribution in [0.25, 0.3) is 10.7 Å². The van der Waals surface area contributed by atoms with E-state index in [4.69, 9.17) is 0 Å². The summed E-state index contributed by atoms with van der Waals surface area (Å²) < 4.78 is 14.2. The molecule has 1 aromatic carbocycles. The minimum atomic E-state index is -0.335. The normalized spacial score (nSPS) is 13.6. The molecule has 6 heteroatoms. The maximum Gasteiger partial charge on any atom is 0.233 e. The molecule has 0 N–H and O–H groups in total. The molecule has 3 aromatic rings. The number of hydrogen-bond acceptors (Lipinski definition) is 4. The Balaban J connectivity index is 1.55. The van der Waals surface area contributed by atoms with Crippen molar-refractivity contribution in [3.63, 3.8) is 0 Å². The van der Waals surface area contributed by atoms with E-state index in [0.717, 1.165) is 29.1 Å². The van der Waals surface area contributed by atoms with Crippen molar-refractivity contribution in [1.82, 2.24) is 9.97 Å². The van der Waals surface area contributed by atoms with Crippen LogP contribution in [0.5, 0.6) is 0 Å². The van der Waals surface area contributed by atoms with Crippen molar-refractivity contribution in [2.24, 2.45) is 0 Å². The van der Waals surface area contributed by atoms with Gasteiger partial charge in [-0.15, -0.1) is 11.3 Å². The Kier molecular flexibility index (Phi) is 4.28. The average molecular weight is 353 g/mol. The van der Waals surface area contributed by atoms with Crippen LogP contribution >= 0.6 is 11.3 Å². The number of carbonyl (C=O) groups is 1. The van der Waals surface area contributed by atoms with E-state index in [1.54, 1.807) is 17.2 Å². The summed E-state index contributed by atoms with van der Waals surface area (Å²) in [7, 11) is 0. The quantitative estimate of drug-likeness (QED) is 0.718. The summed E-state index contributed by atoms with van der Waals surface area (Å²) in [6, 6.07) is 10.6. The molecule has 0 saturated carbocycles. The number of fused-ring (bicyclic) bond motifs is 1. The van der Waals surface area contributed by atoms with Crippen molar-refractivity contribution >= 4 is 22.9 Å². The molecule has 4 rings (SSSR count). The number of carbonyl (C=O) groups excluding carboxylic acids is 1. The number of thiazole rings is 1. The number of aryl methyl sites for hydroxylation is 1. The van der Waals surface area contributed by atoms with Gasteiger partial charge in [0.15, 0.2) is 0 Å². The molecule has 0 spiro atoms. The van der Waals surface area contributed by atoms with Crippen LogP contribution in [0.4, 0.5) is 10.1 Å². The maximum absolute atomic E-state index is 14.2. The van der Waals surface area contributed by atoms with E-state index < -0.39 is 0 Å². The number of benzene rings is 1. The smallest absolute Gasteiger partial charge is 0.233 e. The second-order valence-corrected chi connectivity index (χ2v) is 6.79. The van der Waals surface area contributed by atoms with Gasteiger partial charge in [-0.25, -0.2) is 9.37 Å². The summed E-state index contributed by atoms with van der Waals surface area (Å²) in [5.41, 5.74) is 2.81. The fourth-order valence-corrected chi connectivity index (χ4v) is 3.89. The lowest BCUT2D eigenvalue weighted by molar-refractivity contribution is -0.118. The first-order valence-electron chi connectivity index (χ1n) is 8.16. The van der Waals surface area contributed by atoms with E-state index >= 15 is 0 Å². The zero-order valence-electron chi connectivity index (χ0n) is 13.5.